The second-order valence-corrected chi connectivity index (χ2v) is 6.64. The van der Waals surface area contributed by atoms with Crippen LogP contribution in [0.3, 0.4) is 0 Å². The minimum absolute atomic E-state index is 0.184. The molecule has 1 amide bonds. The second-order valence-electron chi connectivity index (χ2n) is 4.45. The van der Waals surface area contributed by atoms with Gasteiger partial charge in [0.15, 0.2) is 0 Å². The van der Waals surface area contributed by atoms with Crippen LogP contribution in [-0.4, -0.2) is 17.0 Å². The summed E-state index contributed by atoms with van der Waals surface area (Å²) in [6.07, 6.45) is 0.908. The molecule has 0 atom stereocenters. The van der Waals surface area contributed by atoms with E-state index in [-0.39, 0.29) is 10.8 Å². The van der Waals surface area contributed by atoms with Crippen molar-refractivity contribution >= 4 is 39.6 Å². The van der Waals surface area contributed by atoms with Gasteiger partial charge in [-0.25, -0.2) is 4.79 Å². The number of hydrogen-bond acceptors (Lipinski definition) is 4. The largest absolute Gasteiger partial charge is 0.477 e. The van der Waals surface area contributed by atoms with Crippen LogP contribution in [0.25, 0.3) is 0 Å². The Bertz CT molecular complexity index is 670. The summed E-state index contributed by atoms with van der Waals surface area (Å²) in [5.41, 5.74) is 1.78. The molecule has 2 heterocycles. The van der Waals surface area contributed by atoms with E-state index in [0.717, 1.165) is 23.3 Å². The molecular weight excluding hydrogens is 294 g/mol. The van der Waals surface area contributed by atoms with Gasteiger partial charge in [0.2, 0.25) is 0 Å². The standard InChI is InChI=1S/C14H15NO3S2/c1-4-9-7(2)5-10(19-9)13(16)15-11-6-8(3)12(20-11)14(17)18/h5-6H,4H2,1-3H3,(H,15,16)(H,17,18). The molecule has 20 heavy (non-hydrogen) atoms. The number of amides is 1. The van der Waals surface area contributed by atoms with Gasteiger partial charge in [0.25, 0.3) is 5.91 Å². The number of aryl methyl sites for hydroxylation is 3. The lowest BCUT2D eigenvalue weighted by Gasteiger charge is -1.98. The van der Waals surface area contributed by atoms with Crippen LogP contribution in [0.4, 0.5) is 5.00 Å². The third-order valence-electron chi connectivity index (χ3n) is 2.91. The number of carboxylic acids is 1. The Morgan fingerprint density at radius 3 is 2.40 bits per heavy atom. The minimum atomic E-state index is -0.965. The molecule has 0 unspecified atom stereocenters. The molecule has 2 rings (SSSR count). The summed E-state index contributed by atoms with van der Waals surface area (Å²) in [5.74, 6) is -1.15. The number of thiophene rings is 2. The molecule has 2 aromatic rings. The highest BCUT2D eigenvalue weighted by molar-refractivity contribution is 7.18. The van der Waals surface area contributed by atoms with E-state index in [0.29, 0.717) is 15.4 Å². The second kappa shape index (κ2) is 5.76. The maximum absolute atomic E-state index is 12.1. The van der Waals surface area contributed by atoms with Crippen molar-refractivity contribution in [1.82, 2.24) is 0 Å². The van der Waals surface area contributed by atoms with Crippen LogP contribution in [0.2, 0.25) is 0 Å². The highest BCUT2D eigenvalue weighted by Crippen LogP contribution is 2.28. The number of hydrogen-bond donors (Lipinski definition) is 2. The van der Waals surface area contributed by atoms with Crippen LogP contribution in [0, 0.1) is 13.8 Å². The van der Waals surface area contributed by atoms with Crippen LogP contribution < -0.4 is 5.32 Å². The fourth-order valence-electron chi connectivity index (χ4n) is 1.91. The summed E-state index contributed by atoms with van der Waals surface area (Å²) in [6.45, 7) is 5.77. The van der Waals surface area contributed by atoms with Crippen molar-refractivity contribution < 1.29 is 14.7 Å². The van der Waals surface area contributed by atoms with E-state index in [1.54, 1.807) is 13.0 Å². The zero-order valence-corrected chi connectivity index (χ0v) is 13.1. The SMILES string of the molecule is CCc1sc(C(=O)Nc2cc(C)c(C(=O)O)s2)cc1C. The van der Waals surface area contributed by atoms with E-state index < -0.39 is 5.97 Å². The highest BCUT2D eigenvalue weighted by Gasteiger charge is 2.16. The summed E-state index contributed by atoms with van der Waals surface area (Å²) in [6, 6.07) is 3.56. The zero-order valence-electron chi connectivity index (χ0n) is 11.4. The molecule has 2 aromatic heterocycles. The first-order valence-electron chi connectivity index (χ1n) is 6.16. The maximum atomic E-state index is 12.1. The van der Waals surface area contributed by atoms with E-state index in [4.69, 9.17) is 5.11 Å². The lowest BCUT2D eigenvalue weighted by molar-refractivity contribution is 0.0701. The first-order chi connectivity index (χ1) is 9.42. The van der Waals surface area contributed by atoms with Crippen LogP contribution in [0.15, 0.2) is 12.1 Å². The topological polar surface area (TPSA) is 66.4 Å². The van der Waals surface area contributed by atoms with Crippen molar-refractivity contribution in [1.29, 1.82) is 0 Å². The summed E-state index contributed by atoms with van der Waals surface area (Å²) in [7, 11) is 0. The van der Waals surface area contributed by atoms with E-state index in [1.165, 1.54) is 16.2 Å². The molecule has 2 N–H and O–H groups in total. The molecule has 0 radical (unpaired) electrons. The quantitative estimate of drug-likeness (QED) is 0.899. The molecule has 0 saturated heterocycles. The van der Waals surface area contributed by atoms with Gasteiger partial charge < -0.3 is 10.4 Å². The number of carbonyl (C=O) groups excluding carboxylic acids is 1. The molecule has 0 saturated carbocycles. The Hall–Kier alpha value is -1.66. The van der Waals surface area contributed by atoms with Gasteiger partial charge in [0, 0.05) is 4.88 Å². The number of carbonyl (C=O) groups is 2. The van der Waals surface area contributed by atoms with Gasteiger partial charge in [-0.05, 0) is 43.5 Å². The lowest BCUT2D eigenvalue weighted by atomic mass is 10.2. The predicted octanol–water partition coefficient (Wildman–Crippen LogP) is 3.94. The minimum Gasteiger partial charge on any atom is -0.477 e. The fourth-order valence-corrected chi connectivity index (χ4v) is 3.83. The zero-order chi connectivity index (χ0) is 14.9. The van der Waals surface area contributed by atoms with E-state index in [1.807, 2.05) is 13.0 Å². The van der Waals surface area contributed by atoms with Crippen molar-refractivity contribution in [3.8, 4) is 0 Å². The average molecular weight is 309 g/mol. The van der Waals surface area contributed by atoms with Crippen molar-refractivity contribution in [2.75, 3.05) is 5.32 Å². The van der Waals surface area contributed by atoms with Gasteiger partial charge >= 0.3 is 5.97 Å². The van der Waals surface area contributed by atoms with Gasteiger partial charge in [-0.15, -0.1) is 22.7 Å². The molecule has 0 bridgehead atoms. The number of nitrogens with one attached hydrogen (secondary N) is 1. The van der Waals surface area contributed by atoms with E-state index >= 15 is 0 Å². The summed E-state index contributed by atoms with van der Waals surface area (Å²) >= 11 is 2.56. The Kier molecular flexibility index (Phi) is 4.25. The molecule has 0 aliphatic carbocycles. The van der Waals surface area contributed by atoms with Gasteiger partial charge in [0.1, 0.15) is 4.88 Å². The van der Waals surface area contributed by atoms with E-state index in [2.05, 4.69) is 12.2 Å². The van der Waals surface area contributed by atoms with Crippen molar-refractivity contribution in [3.63, 3.8) is 0 Å². The monoisotopic (exact) mass is 309 g/mol. The first kappa shape index (κ1) is 14.7. The Labute approximate surface area is 125 Å². The summed E-state index contributed by atoms with van der Waals surface area (Å²) < 4.78 is 0. The maximum Gasteiger partial charge on any atom is 0.346 e. The number of carboxylic acid groups (broad SMARTS) is 1. The number of rotatable bonds is 4. The first-order valence-corrected chi connectivity index (χ1v) is 7.80. The van der Waals surface area contributed by atoms with Crippen molar-refractivity contribution in [2.45, 2.75) is 27.2 Å². The normalized spacial score (nSPS) is 10.6. The predicted molar refractivity (Wildman–Crippen MR) is 82.4 cm³/mol. The molecule has 0 aliphatic rings. The lowest BCUT2D eigenvalue weighted by Crippen LogP contribution is -2.08. The third kappa shape index (κ3) is 2.91. The third-order valence-corrected chi connectivity index (χ3v) is 5.43. The van der Waals surface area contributed by atoms with Gasteiger partial charge in [0.05, 0.1) is 9.88 Å². The molecule has 0 fully saturated rings. The Balaban J connectivity index is 2.19. The molecule has 4 nitrogen and oxygen atoms in total. The molecule has 6 heteroatoms. The van der Waals surface area contributed by atoms with Crippen LogP contribution in [-0.2, 0) is 6.42 Å². The number of aromatic carboxylic acids is 1. The van der Waals surface area contributed by atoms with E-state index in [9.17, 15) is 9.59 Å². The number of anilines is 1. The van der Waals surface area contributed by atoms with Crippen LogP contribution >= 0.6 is 22.7 Å². The average Bonchev–Trinajstić information content (AvgIpc) is 2.92. The van der Waals surface area contributed by atoms with Crippen LogP contribution in [0.1, 0.15) is 42.3 Å². The van der Waals surface area contributed by atoms with Crippen molar-refractivity contribution in [3.05, 3.63) is 37.9 Å². The molecule has 0 spiro atoms. The smallest absolute Gasteiger partial charge is 0.346 e. The Morgan fingerprint density at radius 1 is 1.20 bits per heavy atom. The van der Waals surface area contributed by atoms with Gasteiger partial charge in [-0.3, -0.25) is 4.79 Å². The summed E-state index contributed by atoms with van der Waals surface area (Å²) in [5, 5.41) is 12.3. The molecule has 106 valence electrons. The van der Waals surface area contributed by atoms with Crippen molar-refractivity contribution in [2.24, 2.45) is 0 Å². The Morgan fingerprint density at radius 2 is 1.90 bits per heavy atom. The molecule has 0 aliphatic heterocycles. The molecular formula is C14H15NO3S2. The molecule has 0 aromatic carbocycles. The van der Waals surface area contributed by atoms with Gasteiger partial charge in [-0.2, -0.15) is 0 Å². The van der Waals surface area contributed by atoms with Crippen LogP contribution in [0.5, 0.6) is 0 Å². The van der Waals surface area contributed by atoms with Gasteiger partial charge in [-0.1, -0.05) is 6.92 Å². The fraction of sp³-hybridized carbons (Fsp3) is 0.286. The summed E-state index contributed by atoms with van der Waals surface area (Å²) in [4.78, 5) is 25.2. The highest BCUT2D eigenvalue weighted by atomic mass is 32.1.